The van der Waals surface area contributed by atoms with Crippen LogP contribution in [0, 0.1) is 0 Å². The van der Waals surface area contributed by atoms with Crippen LogP contribution in [0.1, 0.15) is 63.5 Å². The molecule has 0 aliphatic heterocycles. The number of carboxylic acids is 1. The quantitative estimate of drug-likeness (QED) is 0.796. The number of hydrogen-bond acceptors (Lipinski definition) is 2. The third-order valence-electron chi connectivity index (χ3n) is 4.66. The molecule has 0 bridgehead atoms. The number of carboxylic acid groups (broad SMARTS) is 1. The van der Waals surface area contributed by atoms with Crippen molar-refractivity contribution in [1.82, 2.24) is 4.90 Å². The van der Waals surface area contributed by atoms with Crippen LogP contribution in [-0.4, -0.2) is 28.6 Å². The normalized spacial score (nSPS) is 18.4. The maximum absolute atomic E-state index is 11.0. The van der Waals surface area contributed by atoms with E-state index in [0.29, 0.717) is 12.6 Å². The first-order valence-electron chi connectivity index (χ1n) is 8.21. The lowest BCUT2D eigenvalue weighted by Crippen LogP contribution is -2.38. The molecule has 116 valence electrons. The minimum Gasteiger partial charge on any atom is -0.481 e. The Labute approximate surface area is 128 Å². The number of rotatable bonds is 6. The number of nitrogens with zero attached hydrogens (tertiary/aromatic N) is 1. The Morgan fingerprint density at radius 3 is 2.38 bits per heavy atom. The highest BCUT2D eigenvalue weighted by molar-refractivity contribution is 5.66. The van der Waals surface area contributed by atoms with Crippen molar-refractivity contribution in [3.8, 4) is 0 Å². The van der Waals surface area contributed by atoms with Gasteiger partial charge in [-0.25, -0.2) is 0 Å². The predicted octanol–water partition coefficient (Wildman–Crippen LogP) is 4.25. The first-order valence-corrected chi connectivity index (χ1v) is 8.21. The van der Waals surface area contributed by atoms with Crippen LogP contribution in [0.5, 0.6) is 0 Å². The number of carbonyl (C=O) groups is 1. The molecule has 21 heavy (non-hydrogen) atoms. The molecule has 1 unspecified atom stereocenters. The topological polar surface area (TPSA) is 40.5 Å². The van der Waals surface area contributed by atoms with Gasteiger partial charge in [-0.1, -0.05) is 56.0 Å². The van der Waals surface area contributed by atoms with E-state index in [2.05, 4.69) is 36.1 Å². The molecule has 3 nitrogen and oxygen atoms in total. The van der Waals surface area contributed by atoms with Gasteiger partial charge in [0.1, 0.15) is 0 Å². The molecule has 1 aromatic carbocycles. The van der Waals surface area contributed by atoms with Gasteiger partial charge in [0, 0.05) is 18.6 Å². The second kappa shape index (κ2) is 8.18. The first kappa shape index (κ1) is 16.0. The van der Waals surface area contributed by atoms with Crippen molar-refractivity contribution in [2.75, 3.05) is 6.54 Å². The molecule has 1 aliphatic rings. The maximum atomic E-state index is 11.0. The molecule has 0 amide bonds. The van der Waals surface area contributed by atoms with Gasteiger partial charge >= 0.3 is 5.97 Å². The summed E-state index contributed by atoms with van der Waals surface area (Å²) in [6, 6.07) is 11.3. The van der Waals surface area contributed by atoms with E-state index in [1.54, 1.807) is 0 Å². The van der Waals surface area contributed by atoms with Gasteiger partial charge in [-0.3, -0.25) is 9.69 Å². The largest absolute Gasteiger partial charge is 0.481 e. The van der Waals surface area contributed by atoms with E-state index >= 15 is 0 Å². The molecule has 2 rings (SSSR count). The Morgan fingerprint density at radius 2 is 1.81 bits per heavy atom. The summed E-state index contributed by atoms with van der Waals surface area (Å²) < 4.78 is 0. The number of hydrogen-bond donors (Lipinski definition) is 1. The van der Waals surface area contributed by atoms with Gasteiger partial charge in [-0.2, -0.15) is 0 Å². The second-order valence-corrected chi connectivity index (χ2v) is 6.11. The van der Waals surface area contributed by atoms with E-state index in [-0.39, 0.29) is 12.5 Å². The number of aliphatic carboxylic acids is 1. The fourth-order valence-corrected chi connectivity index (χ4v) is 3.43. The summed E-state index contributed by atoms with van der Waals surface area (Å²) in [6.07, 6.45) is 7.83. The molecule has 1 fully saturated rings. The van der Waals surface area contributed by atoms with E-state index in [4.69, 9.17) is 5.11 Å². The van der Waals surface area contributed by atoms with Gasteiger partial charge in [-0.05, 0) is 25.3 Å². The zero-order valence-corrected chi connectivity index (χ0v) is 13.0. The molecule has 0 aromatic heterocycles. The third kappa shape index (κ3) is 4.85. The van der Waals surface area contributed by atoms with Gasteiger partial charge in [0.05, 0.1) is 6.42 Å². The fourth-order valence-electron chi connectivity index (χ4n) is 3.43. The van der Waals surface area contributed by atoms with Crippen molar-refractivity contribution < 1.29 is 9.90 Å². The molecule has 1 saturated carbocycles. The monoisotopic (exact) mass is 289 g/mol. The first-order chi connectivity index (χ1) is 10.2. The molecule has 0 heterocycles. The van der Waals surface area contributed by atoms with E-state index in [1.165, 1.54) is 44.1 Å². The molecular weight excluding hydrogens is 262 g/mol. The molecular formula is C18H27NO2. The van der Waals surface area contributed by atoms with Gasteiger partial charge in [0.2, 0.25) is 0 Å². The molecule has 1 aliphatic carbocycles. The minimum absolute atomic E-state index is 0.230. The van der Waals surface area contributed by atoms with Crippen LogP contribution in [0.2, 0.25) is 0 Å². The van der Waals surface area contributed by atoms with Gasteiger partial charge in [0.15, 0.2) is 0 Å². The SMILES string of the molecule is CC(c1ccccc1)N(CCC(=O)O)C1CCCCCC1. The van der Waals surface area contributed by atoms with Gasteiger partial charge in [0.25, 0.3) is 0 Å². The van der Waals surface area contributed by atoms with Crippen molar-refractivity contribution in [2.24, 2.45) is 0 Å². The van der Waals surface area contributed by atoms with Crippen LogP contribution in [0.3, 0.4) is 0 Å². The summed E-state index contributed by atoms with van der Waals surface area (Å²) in [5, 5.41) is 9.04. The van der Waals surface area contributed by atoms with E-state index in [0.717, 1.165) is 0 Å². The highest BCUT2D eigenvalue weighted by Gasteiger charge is 2.25. The zero-order valence-electron chi connectivity index (χ0n) is 13.0. The lowest BCUT2D eigenvalue weighted by atomic mass is 10.0. The summed E-state index contributed by atoms with van der Waals surface area (Å²) in [5.41, 5.74) is 1.28. The van der Waals surface area contributed by atoms with E-state index in [9.17, 15) is 4.79 Å². The highest BCUT2D eigenvalue weighted by Crippen LogP contribution is 2.29. The molecule has 0 saturated heterocycles. The molecule has 0 spiro atoms. The Kier molecular flexibility index (Phi) is 6.24. The van der Waals surface area contributed by atoms with Crippen LogP contribution in [0.25, 0.3) is 0 Å². The van der Waals surface area contributed by atoms with E-state index in [1.807, 2.05) is 6.07 Å². The fraction of sp³-hybridized carbons (Fsp3) is 0.611. The van der Waals surface area contributed by atoms with Crippen molar-refractivity contribution in [2.45, 2.75) is 64.0 Å². The van der Waals surface area contributed by atoms with Gasteiger partial charge < -0.3 is 5.11 Å². The van der Waals surface area contributed by atoms with Crippen LogP contribution < -0.4 is 0 Å². The Morgan fingerprint density at radius 1 is 1.19 bits per heavy atom. The molecule has 1 N–H and O–H groups in total. The van der Waals surface area contributed by atoms with Crippen LogP contribution in [0.15, 0.2) is 30.3 Å². The zero-order chi connectivity index (χ0) is 15.1. The molecule has 0 radical (unpaired) electrons. The lowest BCUT2D eigenvalue weighted by molar-refractivity contribution is -0.137. The van der Waals surface area contributed by atoms with Crippen LogP contribution >= 0.6 is 0 Å². The standard InChI is InChI=1S/C18H27NO2/c1-15(16-9-5-4-6-10-16)19(14-13-18(20)21)17-11-7-2-3-8-12-17/h4-6,9-10,15,17H,2-3,7-8,11-14H2,1H3,(H,20,21). The Hall–Kier alpha value is -1.35. The number of benzene rings is 1. The maximum Gasteiger partial charge on any atom is 0.304 e. The molecule has 3 heteroatoms. The minimum atomic E-state index is -0.700. The molecule has 1 aromatic rings. The van der Waals surface area contributed by atoms with Crippen molar-refractivity contribution in [1.29, 1.82) is 0 Å². The summed E-state index contributed by atoms with van der Waals surface area (Å²) in [4.78, 5) is 13.4. The van der Waals surface area contributed by atoms with Crippen molar-refractivity contribution >= 4 is 5.97 Å². The smallest absolute Gasteiger partial charge is 0.304 e. The lowest BCUT2D eigenvalue weighted by Gasteiger charge is -2.36. The Bertz CT molecular complexity index is 424. The Balaban J connectivity index is 2.11. The van der Waals surface area contributed by atoms with E-state index < -0.39 is 5.97 Å². The summed E-state index contributed by atoms with van der Waals surface area (Å²) >= 11 is 0. The van der Waals surface area contributed by atoms with Crippen molar-refractivity contribution in [3.63, 3.8) is 0 Å². The highest BCUT2D eigenvalue weighted by atomic mass is 16.4. The second-order valence-electron chi connectivity index (χ2n) is 6.11. The van der Waals surface area contributed by atoms with Crippen LogP contribution in [0.4, 0.5) is 0 Å². The predicted molar refractivity (Wildman–Crippen MR) is 85.3 cm³/mol. The summed E-state index contributed by atoms with van der Waals surface area (Å²) in [6.45, 7) is 2.86. The summed E-state index contributed by atoms with van der Waals surface area (Å²) in [5.74, 6) is -0.700. The van der Waals surface area contributed by atoms with Crippen LogP contribution in [-0.2, 0) is 4.79 Å². The third-order valence-corrected chi connectivity index (χ3v) is 4.66. The molecule has 1 atom stereocenters. The van der Waals surface area contributed by atoms with Crippen molar-refractivity contribution in [3.05, 3.63) is 35.9 Å². The summed E-state index contributed by atoms with van der Waals surface area (Å²) in [7, 11) is 0. The average Bonchev–Trinajstić information content (AvgIpc) is 2.77. The van der Waals surface area contributed by atoms with Gasteiger partial charge in [-0.15, -0.1) is 0 Å². The average molecular weight is 289 g/mol.